The summed E-state index contributed by atoms with van der Waals surface area (Å²) in [7, 11) is 0. The summed E-state index contributed by atoms with van der Waals surface area (Å²) in [6.07, 6.45) is 5.14. The van der Waals surface area contributed by atoms with Crippen LogP contribution in [0.4, 0.5) is 11.5 Å². The average Bonchev–Trinajstić information content (AvgIpc) is 3.09. The Morgan fingerprint density at radius 2 is 1.78 bits per heavy atom. The van der Waals surface area contributed by atoms with E-state index in [-0.39, 0.29) is 0 Å². The summed E-state index contributed by atoms with van der Waals surface area (Å²) in [4.78, 5) is 18.8. The number of piperazine rings is 1. The Hall–Kier alpha value is -2.34. The Kier molecular flexibility index (Phi) is 4.16. The molecule has 0 spiro atoms. The lowest BCUT2D eigenvalue weighted by atomic mass is 10.1. The van der Waals surface area contributed by atoms with Crippen molar-refractivity contribution in [2.75, 3.05) is 36.0 Å². The standard InChI is InChI=1S/C20H23ClN6/c1-14-5-6-15(21)12-16(14)25-8-10-26(11-9-25)19-18-20(23-13-22-19)27-7-3-2-4-17(27)24-18/h5-6,12-13H,2-4,7-11H2,1H3. The lowest BCUT2D eigenvalue weighted by molar-refractivity contribution is 0.530. The van der Waals surface area contributed by atoms with E-state index in [2.05, 4.69) is 43.4 Å². The molecule has 1 fully saturated rings. The monoisotopic (exact) mass is 382 g/mol. The molecular weight excluding hydrogens is 360 g/mol. The molecule has 5 rings (SSSR count). The van der Waals surface area contributed by atoms with Gasteiger partial charge in [0.1, 0.15) is 12.2 Å². The highest BCUT2D eigenvalue weighted by molar-refractivity contribution is 6.30. The smallest absolute Gasteiger partial charge is 0.165 e. The average molecular weight is 383 g/mol. The van der Waals surface area contributed by atoms with E-state index < -0.39 is 0 Å². The van der Waals surface area contributed by atoms with Crippen LogP contribution in [0, 0.1) is 6.92 Å². The number of nitrogens with zero attached hydrogens (tertiary/aromatic N) is 6. The van der Waals surface area contributed by atoms with Gasteiger partial charge in [-0.2, -0.15) is 0 Å². The van der Waals surface area contributed by atoms with Crippen LogP contribution in [0.5, 0.6) is 0 Å². The van der Waals surface area contributed by atoms with E-state index in [4.69, 9.17) is 16.6 Å². The number of rotatable bonds is 2. The van der Waals surface area contributed by atoms with E-state index in [0.717, 1.165) is 67.0 Å². The third-order valence-electron chi connectivity index (χ3n) is 5.71. The molecule has 3 aromatic rings. The minimum Gasteiger partial charge on any atom is -0.368 e. The first-order valence-electron chi connectivity index (χ1n) is 9.67. The fourth-order valence-electron chi connectivity index (χ4n) is 4.26. The number of aromatic nitrogens is 4. The summed E-state index contributed by atoms with van der Waals surface area (Å²) in [5.41, 5.74) is 4.44. The van der Waals surface area contributed by atoms with E-state index in [1.165, 1.54) is 24.1 Å². The third kappa shape index (κ3) is 2.92. The van der Waals surface area contributed by atoms with Crippen molar-refractivity contribution in [2.24, 2.45) is 0 Å². The number of benzene rings is 1. The Morgan fingerprint density at radius 3 is 2.63 bits per heavy atom. The fraction of sp³-hybridized carbons (Fsp3) is 0.450. The molecule has 0 aliphatic carbocycles. The molecule has 140 valence electrons. The van der Waals surface area contributed by atoms with Gasteiger partial charge in [0.15, 0.2) is 17.0 Å². The lowest BCUT2D eigenvalue weighted by Crippen LogP contribution is -2.47. The zero-order chi connectivity index (χ0) is 18.4. The zero-order valence-corrected chi connectivity index (χ0v) is 16.3. The van der Waals surface area contributed by atoms with Crippen LogP contribution in [-0.2, 0) is 13.0 Å². The van der Waals surface area contributed by atoms with Crippen LogP contribution in [0.15, 0.2) is 24.5 Å². The van der Waals surface area contributed by atoms with Crippen molar-refractivity contribution >= 4 is 34.3 Å². The van der Waals surface area contributed by atoms with E-state index in [1.54, 1.807) is 6.33 Å². The first kappa shape index (κ1) is 16.8. The molecule has 1 aromatic carbocycles. The van der Waals surface area contributed by atoms with Crippen molar-refractivity contribution in [1.29, 1.82) is 0 Å². The first-order chi connectivity index (χ1) is 13.2. The second-order valence-corrected chi connectivity index (χ2v) is 7.85. The van der Waals surface area contributed by atoms with Crippen molar-refractivity contribution in [3.8, 4) is 0 Å². The van der Waals surface area contributed by atoms with E-state index in [9.17, 15) is 0 Å². The molecule has 1 saturated heterocycles. The van der Waals surface area contributed by atoms with Crippen molar-refractivity contribution < 1.29 is 0 Å². The maximum absolute atomic E-state index is 6.21. The van der Waals surface area contributed by atoms with Crippen LogP contribution >= 0.6 is 11.6 Å². The number of hydrogen-bond donors (Lipinski definition) is 0. The highest BCUT2D eigenvalue weighted by Crippen LogP contribution is 2.29. The van der Waals surface area contributed by atoms with Crippen molar-refractivity contribution in [3.63, 3.8) is 0 Å². The van der Waals surface area contributed by atoms with Crippen molar-refractivity contribution in [1.82, 2.24) is 19.5 Å². The Morgan fingerprint density at radius 1 is 0.963 bits per heavy atom. The fourth-order valence-corrected chi connectivity index (χ4v) is 4.43. The highest BCUT2D eigenvalue weighted by Gasteiger charge is 2.24. The quantitative estimate of drug-likeness (QED) is 0.679. The molecule has 7 heteroatoms. The molecule has 2 aromatic heterocycles. The Bertz CT molecular complexity index is 990. The normalized spacial score (nSPS) is 17.4. The SMILES string of the molecule is Cc1ccc(Cl)cc1N1CCN(c2ncnc3c2nc2n3CCCC2)CC1. The summed E-state index contributed by atoms with van der Waals surface area (Å²) in [6, 6.07) is 6.11. The summed E-state index contributed by atoms with van der Waals surface area (Å²) in [5, 5.41) is 0.791. The van der Waals surface area contributed by atoms with Gasteiger partial charge in [0.2, 0.25) is 0 Å². The van der Waals surface area contributed by atoms with Gasteiger partial charge in [0.05, 0.1) is 0 Å². The molecule has 0 N–H and O–H groups in total. The van der Waals surface area contributed by atoms with Gasteiger partial charge in [-0.3, -0.25) is 0 Å². The maximum atomic E-state index is 6.21. The van der Waals surface area contributed by atoms with Gasteiger partial charge in [-0.1, -0.05) is 17.7 Å². The number of anilines is 2. The molecule has 0 amide bonds. The van der Waals surface area contributed by atoms with Crippen LogP contribution in [0.2, 0.25) is 5.02 Å². The summed E-state index contributed by atoms with van der Waals surface area (Å²) >= 11 is 6.21. The molecule has 0 unspecified atom stereocenters. The molecular formula is C20H23ClN6. The van der Waals surface area contributed by atoms with Crippen LogP contribution < -0.4 is 9.80 Å². The van der Waals surface area contributed by atoms with Gasteiger partial charge in [0, 0.05) is 49.9 Å². The first-order valence-corrected chi connectivity index (χ1v) is 10.0. The van der Waals surface area contributed by atoms with E-state index >= 15 is 0 Å². The van der Waals surface area contributed by atoms with Crippen LogP contribution in [0.1, 0.15) is 24.2 Å². The summed E-state index contributed by atoms with van der Waals surface area (Å²) in [6.45, 7) is 6.88. The van der Waals surface area contributed by atoms with E-state index in [0.29, 0.717) is 0 Å². The zero-order valence-electron chi connectivity index (χ0n) is 15.5. The Labute approximate surface area is 163 Å². The third-order valence-corrected chi connectivity index (χ3v) is 5.95. The minimum absolute atomic E-state index is 0.791. The molecule has 0 atom stereocenters. The molecule has 6 nitrogen and oxygen atoms in total. The largest absolute Gasteiger partial charge is 0.368 e. The van der Waals surface area contributed by atoms with Crippen LogP contribution in [0.3, 0.4) is 0 Å². The second-order valence-electron chi connectivity index (χ2n) is 7.41. The van der Waals surface area contributed by atoms with Gasteiger partial charge in [-0.25, -0.2) is 15.0 Å². The number of imidazole rings is 1. The second kappa shape index (κ2) is 6.68. The topological polar surface area (TPSA) is 50.1 Å². The molecule has 0 radical (unpaired) electrons. The summed E-state index contributed by atoms with van der Waals surface area (Å²) < 4.78 is 2.27. The molecule has 0 bridgehead atoms. The Balaban J connectivity index is 1.41. The highest BCUT2D eigenvalue weighted by atomic mass is 35.5. The molecule has 2 aliphatic heterocycles. The minimum atomic E-state index is 0.791. The maximum Gasteiger partial charge on any atom is 0.165 e. The van der Waals surface area contributed by atoms with Gasteiger partial charge in [0.25, 0.3) is 0 Å². The van der Waals surface area contributed by atoms with Crippen LogP contribution in [-0.4, -0.2) is 45.7 Å². The number of aryl methyl sites for hydroxylation is 3. The summed E-state index contributed by atoms with van der Waals surface area (Å²) in [5.74, 6) is 2.13. The number of hydrogen-bond acceptors (Lipinski definition) is 5. The number of fused-ring (bicyclic) bond motifs is 3. The van der Waals surface area contributed by atoms with Crippen molar-refractivity contribution in [3.05, 3.63) is 40.9 Å². The predicted molar refractivity (Wildman–Crippen MR) is 109 cm³/mol. The molecule has 2 aliphatic rings. The van der Waals surface area contributed by atoms with Gasteiger partial charge in [-0.05, 0) is 37.5 Å². The molecule has 4 heterocycles. The van der Waals surface area contributed by atoms with Crippen molar-refractivity contribution in [2.45, 2.75) is 32.7 Å². The molecule has 27 heavy (non-hydrogen) atoms. The number of halogens is 1. The van der Waals surface area contributed by atoms with Gasteiger partial charge in [-0.15, -0.1) is 0 Å². The lowest BCUT2D eigenvalue weighted by Gasteiger charge is -2.37. The molecule has 0 saturated carbocycles. The predicted octanol–water partition coefficient (Wildman–Crippen LogP) is 3.45. The van der Waals surface area contributed by atoms with E-state index in [1.807, 2.05) is 6.07 Å². The van der Waals surface area contributed by atoms with Gasteiger partial charge < -0.3 is 14.4 Å². The van der Waals surface area contributed by atoms with Crippen LogP contribution in [0.25, 0.3) is 11.2 Å². The van der Waals surface area contributed by atoms with Gasteiger partial charge >= 0.3 is 0 Å².